The maximum Gasteiger partial charge on any atom is 0.200 e. The smallest absolute Gasteiger partial charge is 0.200 e. The van der Waals surface area contributed by atoms with Crippen LogP contribution < -0.4 is 0 Å². The maximum absolute atomic E-state index is 12.8. The molecule has 1 aliphatic heterocycles. The summed E-state index contributed by atoms with van der Waals surface area (Å²) in [5.41, 5.74) is 3.05. The van der Waals surface area contributed by atoms with Crippen LogP contribution >= 0.6 is 0 Å². The number of rotatable bonds is 7. The van der Waals surface area contributed by atoms with Gasteiger partial charge in [-0.15, -0.1) is 10.2 Å². The first-order chi connectivity index (χ1) is 13.6. The van der Waals surface area contributed by atoms with Crippen molar-refractivity contribution in [1.29, 1.82) is 0 Å². The van der Waals surface area contributed by atoms with E-state index < -0.39 is 0 Å². The standard InChI is InChI=1S/C20H26N6O2/c1-24(2)7-8-26-14-21-20-19(26)16-13-15(3-4-17(16)22-23-20)18(27)5-6-25-9-11-28-12-10-25/h3-4,13-14H,5-12H2,1-2H3. The highest BCUT2D eigenvalue weighted by atomic mass is 16.5. The Bertz CT molecular complexity index is 977. The molecule has 2 aromatic heterocycles. The predicted octanol–water partition coefficient (Wildman–Crippen LogP) is 1.45. The topological polar surface area (TPSA) is 76.4 Å². The van der Waals surface area contributed by atoms with E-state index >= 15 is 0 Å². The highest BCUT2D eigenvalue weighted by Gasteiger charge is 2.15. The van der Waals surface area contributed by atoms with E-state index in [0.717, 1.165) is 67.9 Å². The van der Waals surface area contributed by atoms with Crippen molar-refractivity contribution in [2.75, 3.05) is 53.5 Å². The summed E-state index contributed by atoms with van der Waals surface area (Å²) in [4.78, 5) is 21.6. The number of benzene rings is 1. The minimum absolute atomic E-state index is 0.151. The molecule has 0 amide bonds. The molecule has 4 rings (SSSR count). The molecule has 148 valence electrons. The third kappa shape index (κ3) is 4.04. The van der Waals surface area contributed by atoms with E-state index in [2.05, 4.69) is 29.5 Å². The molecule has 0 unspecified atom stereocenters. The zero-order chi connectivity index (χ0) is 19.5. The largest absolute Gasteiger partial charge is 0.379 e. The molecular weight excluding hydrogens is 356 g/mol. The number of ketones is 1. The van der Waals surface area contributed by atoms with Gasteiger partial charge < -0.3 is 14.2 Å². The zero-order valence-corrected chi connectivity index (χ0v) is 16.5. The highest BCUT2D eigenvalue weighted by Crippen LogP contribution is 2.23. The molecule has 0 radical (unpaired) electrons. The van der Waals surface area contributed by atoms with Crippen LogP contribution in [0.3, 0.4) is 0 Å². The summed E-state index contributed by atoms with van der Waals surface area (Å²) in [5, 5.41) is 9.43. The summed E-state index contributed by atoms with van der Waals surface area (Å²) in [5.74, 6) is 0.151. The van der Waals surface area contributed by atoms with Gasteiger partial charge in [0.2, 0.25) is 5.65 Å². The SMILES string of the molecule is CN(C)CCn1cnc2nnc3ccc(C(=O)CCN4CCOCC4)cc3c21. The molecule has 8 heteroatoms. The van der Waals surface area contributed by atoms with E-state index in [-0.39, 0.29) is 5.78 Å². The van der Waals surface area contributed by atoms with Gasteiger partial charge in [0.15, 0.2) is 5.78 Å². The van der Waals surface area contributed by atoms with Gasteiger partial charge in [0, 0.05) is 50.1 Å². The molecule has 0 saturated carbocycles. The first-order valence-electron chi connectivity index (χ1n) is 9.71. The number of nitrogens with zero attached hydrogens (tertiary/aromatic N) is 6. The summed E-state index contributed by atoms with van der Waals surface area (Å²) >= 11 is 0. The van der Waals surface area contributed by atoms with Crippen LogP contribution in [0, 0.1) is 0 Å². The van der Waals surface area contributed by atoms with Crippen molar-refractivity contribution in [2.24, 2.45) is 0 Å². The second-order valence-electron chi connectivity index (χ2n) is 7.47. The molecule has 1 saturated heterocycles. The number of aromatic nitrogens is 4. The van der Waals surface area contributed by atoms with Crippen LogP contribution in [0.2, 0.25) is 0 Å². The molecule has 0 aliphatic carbocycles. The lowest BCUT2D eigenvalue weighted by atomic mass is 10.0. The van der Waals surface area contributed by atoms with Gasteiger partial charge in [-0.2, -0.15) is 0 Å². The molecule has 3 aromatic rings. The number of morpholine rings is 1. The van der Waals surface area contributed by atoms with E-state index in [0.29, 0.717) is 12.1 Å². The minimum atomic E-state index is 0.151. The highest BCUT2D eigenvalue weighted by molar-refractivity contribution is 6.05. The maximum atomic E-state index is 12.8. The van der Waals surface area contributed by atoms with Crippen molar-refractivity contribution in [1.82, 2.24) is 29.5 Å². The Morgan fingerprint density at radius 3 is 2.79 bits per heavy atom. The molecule has 3 heterocycles. The fraction of sp³-hybridized carbons (Fsp3) is 0.500. The molecule has 0 bridgehead atoms. The average Bonchev–Trinajstić information content (AvgIpc) is 3.14. The molecular formula is C20H26N6O2. The van der Waals surface area contributed by atoms with Crippen LogP contribution in [-0.2, 0) is 11.3 Å². The van der Waals surface area contributed by atoms with Gasteiger partial charge >= 0.3 is 0 Å². The van der Waals surface area contributed by atoms with Crippen LogP contribution in [0.1, 0.15) is 16.8 Å². The van der Waals surface area contributed by atoms with Gasteiger partial charge in [0.25, 0.3) is 0 Å². The monoisotopic (exact) mass is 382 g/mol. The minimum Gasteiger partial charge on any atom is -0.379 e. The Labute approximate surface area is 164 Å². The number of carbonyl (C=O) groups excluding carboxylic acids is 1. The Morgan fingerprint density at radius 2 is 2.00 bits per heavy atom. The third-order valence-corrected chi connectivity index (χ3v) is 5.19. The molecule has 28 heavy (non-hydrogen) atoms. The Morgan fingerprint density at radius 1 is 1.18 bits per heavy atom. The predicted molar refractivity (Wildman–Crippen MR) is 108 cm³/mol. The number of imidazole rings is 1. The molecule has 0 atom stereocenters. The zero-order valence-electron chi connectivity index (χ0n) is 16.5. The molecule has 1 aliphatic rings. The van der Waals surface area contributed by atoms with Crippen LogP contribution in [0.15, 0.2) is 24.5 Å². The quantitative estimate of drug-likeness (QED) is 0.572. The van der Waals surface area contributed by atoms with E-state index in [1.807, 2.05) is 32.3 Å². The number of likely N-dealkylation sites (N-methyl/N-ethyl adjacent to an activating group) is 1. The van der Waals surface area contributed by atoms with E-state index in [4.69, 9.17) is 4.74 Å². The van der Waals surface area contributed by atoms with Gasteiger partial charge in [0.05, 0.1) is 30.6 Å². The third-order valence-electron chi connectivity index (χ3n) is 5.19. The van der Waals surface area contributed by atoms with Crippen LogP contribution in [-0.4, -0.2) is 88.8 Å². The van der Waals surface area contributed by atoms with E-state index in [1.165, 1.54) is 0 Å². The first kappa shape index (κ1) is 18.9. The Hall–Kier alpha value is -2.42. The summed E-state index contributed by atoms with van der Waals surface area (Å²) in [7, 11) is 4.09. The Kier molecular flexibility index (Phi) is 5.61. The van der Waals surface area contributed by atoms with E-state index in [1.54, 1.807) is 6.33 Å². The lowest BCUT2D eigenvalue weighted by molar-refractivity contribution is 0.0370. The number of hydrogen-bond donors (Lipinski definition) is 0. The average molecular weight is 382 g/mol. The van der Waals surface area contributed by atoms with E-state index in [9.17, 15) is 4.79 Å². The Balaban J connectivity index is 1.60. The fourth-order valence-electron chi connectivity index (χ4n) is 3.51. The summed E-state index contributed by atoms with van der Waals surface area (Å²) < 4.78 is 7.46. The van der Waals surface area contributed by atoms with Crippen molar-refractivity contribution in [3.8, 4) is 0 Å². The molecule has 0 spiro atoms. The van der Waals surface area contributed by atoms with Crippen LogP contribution in [0.5, 0.6) is 0 Å². The summed E-state index contributed by atoms with van der Waals surface area (Å²) in [6.07, 6.45) is 2.31. The lowest BCUT2D eigenvalue weighted by Gasteiger charge is -2.26. The fourth-order valence-corrected chi connectivity index (χ4v) is 3.51. The lowest BCUT2D eigenvalue weighted by Crippen LogP contribution is -2.37. The molecule has 8 nitrogen and oxygen atoms in total. The molecule has 0 N–H and O–H groups in total. The van der Waals surface area contributed by atoms with Gasteiger partial charge in [-0.1, -0.05) is 0 Å². The normalized spacial score (nSPS) is 15.7. The van der Waals surface area contributed by atoms with Gasteiger partial charge in [-0.05, 0) is 32.3 Å². The van der Waals surface area contributed by atoms with Crippen LogP contribution in [0.4, 0.5) is 0 Å². The molecule has 1 aromatic carbocycles. The number of Topliss-reactive ketones (excluding diaryl/α,β-unsaturated/α-hetero) is 1. The summed E-state index contributed by atoms with van der Waals surface area (Å²) in [6, 6.07) is 5.68. The second kappa shape index (κ2) is 8.30. The van der Waals surface area contributed by atoms with Crippen LogP contribution in [0.25, 0.3) is 22.1 Å². The van der Waals surface area contributed by atoms with Crippen molar-refractivity contribution < 1.29 is 9.53 Å². The first-order valence-corrected chi connectivity index (χ1v) is 9.71. The number of ether oxygens (including phenoxy) is 1. The summed E-state index contributed by atoms with van der Waals surface area (Å²) in [6.45, 7) is 5.76. The molecule has 1 fully saturated rings. The van der Waals surface area contributed by atoms with Crippen molar-refractivity contribution >= 4 is 27.9 Å². The number of carbonyl (C=O) groups is 1. The second-order valence-corrected chi connectivity index (χ2v) is 7.47. The number of fused-ring (bicyclic) bond motifs is 3. The van der Waals surface area contributed by atoms with Gasteiger partial charge in [-0.25, -0.2) is 4.98 Å². The van der Waals surface area contributed by atoms with Crippen molar-refractivity contribution in [3.05, 3.63) is 30.1 Å². The van der Waals surface area contributed by atoms with Gasteiger partial charge in [0.1, 0.15) is 0 Å². The van der Waals surface area contributed by atoms with Crippen molar-refractivity contribution in [3.63, 3.8) is 0 Å². The van der Waals surface area contributed by atoms with Crippen molar-refractivity contribution in [2.45, 2.75) is 13.0 Å². The number of hydrogen-bond acceptors (Lipinski definition) is 7. The van der Waals surface area contributed by atoms with Gasteiger partial charge in [-0.3, -0.25) is 9.69 Å².